The highest BCUT2D eigenvalue weighted by Crippen LogP contribution is 2.56. The molecule has 1 aliphatic rings. The molecule has 0 saturated heterocycles. The molecule has 3 rings (SSSR count). The van der Waals surface area contributed by atoms with E-state index in [2.05, 4.69) is 30.9 Å². The Morgan fingerprint density at radius 2 is 1.30 bits per heavy atom. The Kier molecular flexibility index (Phi) is 5.66. The zero-order valence-electron chi connectivity index (χ0n) is 15.6. The Bertz CT molecular complexity index is 971. The fourth-order valence-corrected chi connectivity index (χ4v) is 7.50. The Labute approximate surface area is 161 Å². The van der Waals surface area contributed by atoms with Crippen molar-refractivity contribution < 1.29 is 0 Å². The summed E-state index contributed by atoms with van der Waals surface area (Å²) in [4.78, 5) is 2.18. The van der Waals surface area contributed by atoms with Gasteiger partial charge in [-0.3, -0.25) is 0 Å². The number of hydrogen-bond acceptors (Lipinski definition) is 3. The van der Waals surface area contributed by atoms with Gasteiger partial charge in [0.15, 0.2) is 0 Å². The van der Waals surface area contributed by atoms with Gasteiger partial charge in [0.05, 0.1) is 10.6 Å². The van der Waals surface area contributed by atoms with Gasteiger partial charge in [0.2, 0.25) is 0 Å². The van der Waals surface area contributed by atoms with Gasteiger partial charge in [0.1, 0.15) is 12.1 Å². The van der Waals surface area contributed by atoms with Crippen LogP contribution in [0.3, 0.4) is 0 Å². The van der Waals surface area contributed by atoms with Crippen LogP contribution in [0.5, 0.6) is 0 Å². The standard InChI is InChI=1S/C23H22N3P/c1-3-26(4-2)19-15-22(17-24)27(23(16-19)18-25,20-11-7-5-8-12-20)21-13-9-6-10-14-21/h5-16H,3-4H2,1-2H3. The Hall–Kier alpha value is -3.00. The minimum Gasteiger partial charge on any atom is -0.372 e. The van der Waals surface area contributed by atoms with Crippen molar-refractivity contribution in [2.45, 2.75) is 13.8 Å². The molecular formula is C23H22N3P. The molecule has 2 aromatic rings. The van der Waals surface area contributed by atoms with E-state index >= 15 is 0 Å². The van der Waals surface area contributed by atoms with Crippen LogP contribution in [0.25, 0.3) is 0 Å². The number of benzene rings is 2. The lowest BCUT2D eigenvalue weighted by atomic mass is 10.2. The van der Waals surface area contributed by atoms with E-state index < -0.39 is 6.89 Å². The molecule has 0 bridgehead atoms. The quantitative estimate of drug-likeness (QED) is 0.747. The molecule has 4 heteroatoms. The topological polar surface area (TPSA) is 50.8 Å². The zero-order chi connectivity index (χ0) is 19.3. The second kappa shape index (κ2) is 8.13. The van der Waals surface area contributed by atoms with Gasteiger partial charge >= 0.3 is 0 Å². The van der Waals surface area contributed by atoms with Crippen LogP contribution in [0.2, 0.25) is 0 Å². The summed E-state index contributed by atoms with van der Waals surface area (Å²) < 4.78 is 0. The highest BCUT2D eigenvalue weighted by Gasteiger charge is 2.34. The second-order valence-corrected chi connectivity index (χ2v) is 9.56. The molecule has 0 saturated carbocycles. The summed E-state index contributed by atoms with van der Waals surface area (Å²) in [5.74, 6) is 0. The van der Waals surface area contributed by atoms with Gasteiger partial charge in [0, 0.05) is 25.7 Å². The lowest BCUT2D eigenvalue weighted by Gasteiger charge is -2.33. The van der Waals surface area contributed by atoms with Gasteiger partial charge in [-0.15, -0.1) is 0 Å². The molecule has 0 radical (unpaired) electrons. The van der Waals surface area contributed by atoms with Gasteiger partial charge in [-0.1, -0.05) is 60.7 Å². The van der Waals surface area contributed by atoms with E-state index in [1.54, 1.807) is 0 Å². The molecule has 0 unspecified atom stereocenters. The van der Waals surface area contributed by atoms with Crippen molar-refractivity contribution in [2.75, 3.05) is 13.1 Å². The molecule has 1 heterocycles. The molecule has 3 nitrogen and oxygen atoms in total. The first kappa shape index (κ1) is 18.8. The molecule has 0 N–H and O–H groups in total. The largest absolute Gasteiger partial charge is 0.372 e. The van der Waals surface area contributed by atoms with E-state index in [-0.39, 0.29) is 0 Å². The maximum atomic E-state index is 10.1. The van der Waals surface area contributed by atoms with Gasteiger partial charge in [0.25, 0.3) is 0 Å². The van der Waals surface area contributed by atoms with Crippen molar-refractivity contribution >= 4 is 22.8 Å². The molecule has 1 aliphatic heterocycles. The maximum absolute atomic E-state index is 10.1. The average Bonchev–Trinajstić information content (AvgIpc) is 2.75. The monoisotopic (exact) mass is 371 g/mol. The summed E-state index contributed by atoms with van der Waals surface area (Å²) in [6, 6.07) is 24.9. The van der Waals surface area contributed by atoms with Gasteiger partial charge in [-0.05, 0) is 36.6 Å². The summed E-state index contributed by atoms with van der Waals surface area (Å²) >= 11 is 0. The molecule has 2 aromatic carbocycles. The zero-order valence-corrected chi connectivity index (χ0v) is 16.5. The smallest absolute Gasteiger partial charge is 0.100 e. The lowest BCUT2D eigenvalue weighted by molar-refractivity contribution is 0.395. The van der Waals surface area contributed by atoms with Crippen molar-refractivity contribution in [3.05, 3.63) is 83.8 Å². The average molecular weight is 371 g/mol. The first-order valence-corrected chi connectivity index (χ1v) is 10.9. The van der Waals surface area contributed by atoms with E-state index in [4.69, 9.17) is 0 Å². The summed E-state index contributed by atoms with van der Waals surface area (Å²) in [6.45, 7) is 3.37. The van der Waals surface area contributed by atoms with Gasteiger partial charge in [-0.25, -0.2) is 0 Å². The van der Waals surface area contributed by atoms with Crippen LogP contribution in [0.15, 0.2) is 83.8 Å². The number of hydrogen-bond donors (Lipinski definition) is 0. The Balaban J connectivity index is 2.47. The first-order valence-electron chi connectivity index (χ1n) is 9.09. The third kappa shape index (κ3) is 3.12. The van der Waals surface area contributed by atoms with Gasteiger partial charge in [-0.2, -0.15) is 10.5 Å². The minimum absolute atomic E-state index is 0.681. The van der Waals surface area contributed by atoms with E-state index in [0.29, 0.717) is 10.6 Å². The van der Waals surface area contributed by atoms with Crippen molar-refractivity contribution in [1.82, 2.24) is 4.90 Å². The SMILES string of the molecule is CCN(CC)C1=CC(C#N)=P(c2ccccc2)(c2ccccc2)C(C#N)=C1. The van der Waals surface area contributed by atoms with Crippen molar-refractivity contribution in [3.63, 3.8) is 0 Å². The summed E-state index contributed by atoms with van der Waals surface area (Å²) in [6.07, 6.45) is 3.98. The molecular weight excluding hydrogens is 349 g/mol. The van der Waals surface area contributed by atoms with E-state index in [1.165, 1.54) is 0 Å². The predicted molar refractivity (Wildman–Crippen MR) is 114 cm³/mol. The van der Waals surface area contributed by atoms with E-state index in [9.17, 15) is 10.5 Å². The second-order valence-electron chi connectivity index (χ2n) is 6.22. The molecule has 0 fully saturated rings. The van der Waals surface area contributed by atoms with E-state index in [0.717, 1.165) is 29.4 Å². The molecule has 0 amide bonds. The fourth-order valence-electron chi connectivity index (χ4n) is 3.64. The molecule has 134 valence electrons. The van der Waals surface area contributed by atoms with Crippen LogP contribution in [0, 0.1) is 22.7 Å². The third-order valence-corrected chi connectivity index (χ3v) is 8.99. The number of nitrogens with zero attached hydrogens (tertiary/aromatic N) is 3. The van der Waals surface area contributed by atoms with Crippen molar-refractivity contribution in [1.29, 1.82) is 10.5 Å². The first-order chi connectivity index (χ1) is 13.2. The summed E-state index contributed by atoms with van der Waals surface area (Å²) in [7, 11) is 0. The van der Waals surface area contributed by atoms with Crippen molar-refractivity contribution in [2.24, 2.45) is 0 Å². The number of allylic oxidation sites excluding steroid dienone is 3. The highest BCUT2D eigenvalue weighted by atomic mass is 31.2. The molecule has 0 atom stereocenters. The molecule has 0 aliphatic carbocycles. The van der Waals surface area contributed by atoms with Crippen LogP contribution in [-0.4, -0.2) is 23.3 Å². The third-order valence-electron chi connectivity index (χ3n) is 4.94. The lowest BCUT2D eigenvalue weighted by Crippen LogP contribution is -2.28. The Morgan fingerprint density at radius 1 is 0.778 bits per heavy atom. The maximum Gasteiger partial charge on any atom is 0.100 e. The Morgan fingerprint density at radius 3 is 1.70 bits per heavy atom. The number of likely N-dealkylation sites (N-methyl/N-ethyl adjacent to an activating group) is 1. The summed E-state index contributed by atoms with van der Waals surface area (Å²) in [5.41, 5.74) is 0.940. The number of rotatable bonds is 5. The minimum atomic E-state index is -2.46. The fraction of sp³-hybridized carbons (Fsp3) is 0.174. The van der Waals surface area contributed by atoms with Crippen LogP contribution in [-0.2, 0) is 0 Å². The normalized spacial score (nSPS) is 15.2. The van der Waals surface area contributed by atoms with Gasteiger partial charge < -0.3 is 4.90 Å². The highest BCUT2D eigenvalue weighted by molar-refractivity contribution is 7.93. The molecule has 27 heavy (non-hydrogen) atoms. The number of nitriles is 2. The van der Waals surface area contributed by atoms with Crippen LogP contribution >= 0.6 is 6.89 Å². The molecule has 0 spiro atoms. The predicted octanol–water partition coefficient (Wildman–Crippen LogP) is 4.00. The van der Waals surface area contributed by atoms with Crippen LogP contribution in [0.1, 0.15) is 13.8 Å². The van der Waals surface area contributed by atoms with E-state index in [1.807, 2.05) is 72.8 Å². The van der Waals surface area contributed by atoms with Crippen LogP contribution < -0.4 is 10.6 Å². The summed E-state index contributed by atoms with van der Waals surface area (Å²) in [5, 5.41) is 23.7. The van der Waals surface area contributed by atoms with Crippen molar-refractivity contribution in [3.8, 4) is 12.1 Å². The molecule has 0 aromatic heterocycles. The van der Waals surface area contributed by atoms with Crippen LogP contribution in [0.4, 0.5) is 0 Å².